The van der Waals surface area contributed by atoms with Crippen LogP contribution in [0.5, 0.6) is 0 Å². The highest BCUT2D eigenvalue weighted by molar-refractivity contribution is 8.00. The maximum atomic E-state index is 5.70. The first-order valence-electron chi connectivity index (χ1n) is 4.64. The van der Waals surface area contributed by atoms with E-state index in [9.17, 15) is 0 Å². The molecule has 80 valence electrons. The molecule has 0 saturated heterocycles. The lowest BCUT2D eigenvalue weighted by atomic mass is 10.3. The Morgan fingerprint density at radius 1 is 1.38 bits per heavy atom. The first-order chi connectivity index (χ1) is 7.81. The largest absolute Gasteiger partial charge is 0.399 e. The van der Waals surface area contributed by atoms with Gasteiger partial charge in [-0.25, -0.2) is 9.97 Å². The molecule has 0 saturated carbocycles. The Bertz CT molecular complexity index is 615. The number of aromatic nitrogens is 3. The minimum Gasteiger partial charge on any atom is -0.399 e. The number of nitrogens with two attached hydrogens (primary N) is 1. The SMILES string of the molecule is Nc1ccc2nc(Sc3nccs3)[nH]c2c1. The summed E-state index contributed by atoms with van der Waals surface area (Å²) < 4.78 is 0.979. The molecule has 3 N–H and O–H groups in total. The van der Waals surface area contributed by atoms with E-state index >= 15 is 0 Å². The number of thiazole rings is 1. The lowest BCUT2D eigenvalue weighted by Gasteiger charge is -1.90. The standard InChI is InChI=1S/C10H8N4S2/c11-6-1-2-7-8(5-6)14-9(13-7)16-10-12-3-4-15-10/h1-5H,11H2,(H,13,14). The van der Waals surface area contributed by atoms with Crippen molar-refractivity contribution in [3.8, 4) is 0 Å². The number of nitrogen functional groups attached to an aromatic ring is 1. The zero-order valence-corrected chi connectivity index (χ0v) is 9.81. The first kappa shape index (κ1) is 9.68. The van der Waals surface area contributed by atoms with E-state index in [0.29, 0.717) is 0 Å². The van der Waals surface area contributed by atoms with Crippen LogP contribution in [-0.4, -0.2) is 15.0 Å². The molecule has 0 spiro atoms. The highest BCUT2D eigenvalue weighted by Gasteiger charge is 2.06. The van der Waals surface area contributed by atoms with Crippen LogP contribution in [0.3, 0.4) is 0 Å². The van der Waals surface area contributed by atoms with Crippen molar-refractivity contribution in [2.45, 2.75) is 9.50 Å². The number of hydrogen-bond acceptors (Lipinski definition) is 5. The fraction of sp³-hybridized carbons (Fsp3) is 0. The maximum absolute atomic E-state index is 5.70. The van der Waals surface area contributed by atoms with Crippen LogP contribution in [0.4, 0.5) is 5.69 Å². The van der Waals surface area contributed by atoms with Crippen molar-refractivity contribution in [2.75, 3.05) is 5.73 Å². The fourth-order valence-corrected chi connectivity index (χ4v) is 2.94. The van der Waals surface area contributed by atoms with Crippen molar-refractivity contribution in [1.29, 1.82) is 0 Å². The van der Waals surface area contributed by atoms with Crippen molar-refractivity contribution in [3.63, 3.8) is 0 Å². The molecule has 2 heterocycles. The molecule has 0 aliphatic rings. The number of anilines is 1. The van der Waals surface area contributed by atoms with Crippen molar-refractivity contribution in [3.05, 3.63) is 29.8 Å². The van der Waals surface area contributed by atoms with E-state index in [1.807, 2.05) is 23.6 Å². The summed E-state index contributed by atoms with van der Waals surface area (Å²) in [6.45, 7) is 0. The van der Waals surface area contributed by atoms with Crippen LogP contribution in [0.2, 0.25) is 0 Å². The lowest BCUT2D eigenvalue weighted by Crippen LogP contribution is -1.82. The highest BCUT2D eigenvalue weighted by Crippen LogP contribution is 2.28. The van der Waals surface area contributed by atoms with Crippen LogP contribution < -0.4 is 5.73 Å². The molecule has 2 aromatic heterocycles. The lowest BCUT2D eigenvalue weighted by molar-refractivity contribution is 1.07. The molecule has 0 aliphatic carbocycles. The first-order valence-corrected chi connectivity index (χ1v) is 6.33. The van der Waals surface area contributed by atoms with E-state index in [1.165, 1.54) is 11.8 Å². The average molecular weight is 248 g/mol. The molecule has 0 radical (unpaired) electrons. The Balaban J connectivity index is 1.99. The molecule has 6 heteroatoms. The minimum absolute atomic E-state index is 0.738. The quantitative estimate of drug-likeness (QED) is 0.684. The third kappa shape index (κ3) is 1.77. The molecule has 0 aliphatic heterocycles. The summed E-state index contributed by atoms with van der Waals surface area (Å²) in [4.78, 5) is 11.9. The summed E-state index contributed by atoms with van der Waals surface area (Å²) >= 11 is 3.12. The van der Waals surface area contributed by atoms with Crippen LogP contribution in [0, 0.1) is 0 Å². The number of fused-ring (bicyclic) bond motifs is 1. The van der Waals surface area contributed by atoms with E-state index in [4.69, 9.17) is 5.73 Å². The number of benzene rings is 1. The normalized spacial score (nSPS) is 11.0. The van der Waals surface area contributed by atoms with Gasteiger partial charge in [0.15, 0.2) is 9.50 Å². The molecular formula is C10H8N4S2. The van der Waals surface area contributed by atoms with Gasteiger partial charge in [-0.3, -0.25) is 0 Å². The Morgan fingerprint density at radius 3 is 3.12 bits per heavy atom. The third-order valence-corrected chi connectivity index (χ3v) is 3.85. The monoisotopic (exact) mass is 248 g/mol. The number of aromatic amines is 1. The molecule has 4 nitrogen and oxygen atoms in total. The molecule has 0 fully saturated rings. The van der Waals surface area contributed by atoms with Gasteiger partial charge in [0.1, 0.15) is 0 Å². The van der Waals surface area contributed by atoms with E-state index < -0.39 is 0 Å². The van der Waals surface area contributed by atoms with Gasteiger partial charge in [0, 0.05) is 17.3 Å². The van der Waals surface area contributed by atoms with Crippen LogP contribution in [0.25, 0.3) is 11.0 Å². The number of H-pyrrole nitrogens is 1. The van der Waals surface area contributed by atoms with Gasteiger partial charge >= 0.3 is 0 Å². The van der Waals surface area contributed by atoms with Crippen LogP contribution in [-0.2, 0) is 0 Å². The van der Waals surface area contributed by atoms with Gasteiger partial charge in [-0.2, -0.15) is 0 Å². The molecule has 0 atom stereocenters. The third-order valence-electron chi connectivity index (χ3n) is 2.08. The summed E-state index contributed by atoms with van der Waals surface area (Å²) in [6.07, 6.45) is 1.79. The van der Waals surface area contributed by atoms with E-state index in [-0.39, 0.29) is 0 Å². The van der Waals surface area contributed by atoms with E-state index in [2.05, 4.69) is 15.0 Å². The molecule has 0 unspecified atom stereocenters. The van der Waals surface area contributed by atoms with Gasteiger partial charge in [-0.15, -0.1) is 11.3 Å². The topological polar surface area (TPSA) is 67.6 Å². The van der Waals surface area contributed by atoms with Gasteiger partial charge in [-0.05, 0) is 30.0 Å². The van der Waals surface area contributed by atoms with Gasteiger partial charge in [0.05, 0.1) is 11.0 Å². The summed E-state index contributed by atoms with van der Waals surface area (Å²) in [5.41, 5.74) is 8.32. The second-order valence-corrected chi connectivity index (χ2v) is 5.35. The Hall–Kier alpha value is -1.53. The average Bonchev–Trinajstić information content (AvgIpc) is 2.86. The molecule has 0 bridgehead atoms. The minimum atomic E-state index is 0.738. The zero-order valence-electron chi connectivity index (χ0n) is 8.18. The van der Waals surface area contributed by atoms with Crippen LogP contribution in [0.1, 0.15) is 0 Å². The van der Waals surface area contributed by atoms with Gasteiger partial charge < -0.3 is 10.7 Å². The van der Waals surface area contributed by atoms with Crippen molar-refractivity contribution >= 4 is 39.8 Å². The fourth-order valence-electron chi connectivity index (χ4n) is 1.40. The molecule has 16 heavy (non-hydrogen) atoms. The smallest absolute Gasteiger partial charge is 0.173 e. The number of nitrogens with one attached hydrogen (secondary N) is 1. The predicted octanol–water partition coefficient (Wildman–Crippen LogP) is 2.75. The van der Waals surface area contributed by atoms with Crippen molar-refractivity contribution < 1.29 is 0 Å². The Labute approximate surface area is 99.9 Å². The van der Waals surface area contributed by atoms with Gasteiger partial charge in [0.2, 0.25) is 0 Å². The second kappa shape index (κ2) is 3.80. The Morgan fingerprint density at radius 2 is 2.31 bits per heavy atom. The number of imidazole rings is 1. The van der Waals surface area contributed by atoms with Gasteiger partial charge in [0.25, 0.3) is 0 Å². The molecule has 1 aromatic carbocycles. The summed E-state index contributed by atoms with van der Waals surface area (Å²) in [6, 6.07) is 5.64. The molecule has 3 rings (SSSR count). The van der Waals surface area contributed by atoms with Crippen molar-refractivity contribution in [1.82, 2.24) is 15.0 Å². The number of rotatable bonds is 2. The number of hydrogen-bond donors (Lipinski definition) is 2. The van der Waals surface area contributed by atoms with Gasteiger partial charge in [-0.1, -0.05) is 0 Å². The number of nitrogens with zero attached hydrogens (tertiary/aromatic N) is 2. The summed E-state index contributed by atoms with van der Waals surface area (Å²) in [7, 11) is 0. The Kier molecular flexibility index (Phi) is 2.30. The van der Waals surface area contributed by atoms with Crippen LogP contribution >= 0.6 is 23.1 Å². The molecule has 0 amide bonds. The highest BCUT2D eigenvalue weighted by atomic mass is 32.2. The molecular weight excluding hydrogens is 240 g/mol. The van der Waals surface area contributed by atoms with E-state index in [0.717, 1.165) is 26.2 Å². The maximum Gasteiger partial charge on any atom is 0.173 e. The summed E-state index contributed by atoms with van der Waals surface area (Å²) in [5.74, 6) is 0. The predicted molar refractivity (Wildman–Crippen MR) is 66.7 cm³/mol. The molecule has 3 aromatic rings. The zero-order chi connectivity index (χ0) is 11.0. The summed E-state index contributed by atoms with van der Waals surface area (Å²) in [5, 5.41) is 2.79. The second-order valence-electron chi connectivity index (χ2n) is 3.22. The van der Waals surface area contributed by atoms with Crippen molar-refractivity contribution in [2.24, 2.45) is 0 Å². The van der Waals surface area contributed by atoms with E-state index in [1.54, 1.807) is 17.5 Å². The van der Waals surface area contributed by atoms with Crippen LogP contribution in [0.15, 0.2) is 39.3 Å².